The lowest BCUT2D eigenvalue weighted by Crippen LogP contribution is -2.51. The van der Waals surface area contributed by atoms with Crippen LogP contribution in [0.1, 0.15) is 29.8 Å². The van der Waals surface area contributed by atoms with Gasteiger partial charge in [-0.25, -0.2) is 0 Å². The average molecular weight is 345 g/mol. The molecule has 1 aliphatic heterocycles. The Bertz CT molecular complexity index is 799. The first-order valence-corrected chi connectivity index (χ1v) is 8.36. The Labute approximate surface area is 146 Å². The molecule has 7 heteroatoms. The first-order chi connectivity index (χ1) is 12.1. The van der Waals surface area contributed by atoms with Gasteiger partial charge in [-0.15, -0.1) is 0 Å². The Morgan fingerprint density at radius 2 is 2.00 bits per heavy atom. The normalized spacial score (nSPS) is 17.4. The van der Waals surface area contributed by atoms with Crippen LogP contribution in [0.15, 0.2) is 18.2 Å². The average Bonchev–Trinajstić information content (AvgIpc) is 3.09. The molecule has 0 saturated carbocycles. The van der Waals surface area contributed by atoms with E-state index in [1.54, 1.807) is 38.3 Å². The Kier molecular flexibility index (Phi) is 4.83. The summed E-state index contributed by atoms with van der Waals surface area (Å²) in [6, 6.07) is 4.96. The Morgan fingerprint density at radius 1 is 1.20 bits per heavy atom. The Balaban J connectivity index is 1.97. The quantitative estimate of drug-likeness (QED) is 0.887. The minimum absolute atomic E-state index is 0.122. The predicted octanol–water partition coefficient (Wildman–Crippen LogP) is 1.93. The van der Waals surface area contributed by atoms with Gasteiger partial charge in [0, 0.05) is 25.0 Å². The third-order valence-corrected chi connectivity index (χ3v) is 4.66. The summed E-state index contributed by atoms with van der Waals surface area (Å²) in [6.45, 7) is 0.576. The predicted molar refractivity (Wildman–Crippen MR) is 94.1 cm³/mol. The molecular weight excluding hydrogens is 322 g/mol. The van der Waals surface area contributed by atoms with Crippen LogP contribution in [0, 0.1) is 0 Å². The lowest BCUT2D eigenvalue weighted by molar-refractivity contribution is -0.126. The highest BCUT2D eigenvalue weighted by atomic mass is 16.5. The molecule has 0 bridgehead atoms. The van der Waals surface area contributed by atoms with Crippen LogP contribution in [0.25, 0.3) is 10.9 Å². The summed E-state index contributed by atoms with van der Waals surface area (Å²) in [7, 11) is 4.75. The van der Waals surface area contributed by atoms with Crippen LogP contribution in [0.4, 0.5) is 0 Å². The molecule has 1 aliphatic rings. The van der Waals surface area contributed by atoms with Crippen molar-refractivity contribution >= 4 is 22.7 Å². The van der Waals surface area contributed by atoms with Crippen LogP contribution in [0.3, 0.4) is 0 Å². The lowest BCUT2D eigenvalue weighted by Gasteiger charge is -2.34. The number of amides is 2. The first-order valence-electron chi connectivity index (χ1n) is 8.36. The second-order valence-electron chi connectivity index (χ2n) is 6.10. The molecule has 25 heavy (non-hydrogen) atoms. The number of methoxy groups -OCH3 is 2. The van der Waals surface area contributed by atoms with E-state index in [2.05, 4.69) is 10.3 Å². The molecule has 3 rings (SSSR count). The fourth-order valence-corrected chi connectivity index (χ4v) is 3.35. The van der Waals surface area contributed by atoms with E-state index in [0.29, 0.717) is 30.2 Å². The Morgan fingerprint density at radius 3 is 2.68 bits per heavy atom. The molecule has 2 aromatic rings. The monoisotopic (exact) mass is 345 g/mol. The number of carbonyl (C=O) groups is 2. The number of fused-ring (bicyclic) bond motifs is 1. The van der Waals surface area contributed by atoms with E-state index in [1.165, 1.54) is 0 Å². The third-order valence-electron chi connectivity index (χ3n) is 4.66. The standard InChI is InChI=1S/C18H23N3O4/c1-19-17(22)14-6-4-5-7-21(14)18(23)13-9-11-8-12(24-2)10-15(25-3)16(11)20-13/h8-10,14,20H,4-7H2,1-3H3,(H,19,22). The van der Waals surface area contributed by atoms with Crippen molar-refractivity contribution in [1.82, 2.24) is 15.2 Å². The van der Waals surface area contributed by atoms with Gasteiger partial charge in [0.25, 0.3) is 5.91 Å². The van der Waals surface area contributed by atoms with E-state index >= 15 is 0 Å². The Hall–Kier alpha value is -2.70. The van der Waals surface area contributed by atoms with Gasteiger partial charge in [0.15, 0.2) is 0 Å². The molecule has 7 nitrogen and oxygen atoms in total. The largest absolute Gasteiger partial charge is 0.497 e. The van der Waals surface area contributed by atoms with Crippen LogP contribution in [0.2, 0.25) is 0 Å². The SMILES string of the molecule is CNC(=O)C1CCCCN1C(=O)c1cc2cc(OC)cc(OC)c2[nH]1. The number of hydrogen-bond acceptors (Lipinski definition) is 4. The zero-order chi connectivity index (χ0) is 18.0. The summed E-state index contributed by atoms with van der Waals surface area (Å²) in [4.78, 5) is 29.9. The van der Waals surface area contributed by atoms with Crippen molar-refractivity contribution < 1.29 is 19.1 Å². The van der Waals surface area contributed by atoms with Gasteiger partial charge >= 0.3 is 0 Å². The van der Waals surface area contributed by atoms with E-state index in [-0.39, 0.29) is 11.8 Å². The van der Waals surface area contributed by atoms with E-state index in [1.807, 2.05) is 6.07 Å². The van der Waals surface area contributed by atoms with Gasteiger partial charge in [-0.1, -0.05) is 0 Å². The number of aromatic amines is 1. The lowest BCUT2D eigenvalue weighted by atomic mass is 10.0. The molecular formula is C18H23N3O4. The summed E-state index contributed by atoms with van der Waals surface area (Å²) in [6.07, 6.45) is 2.53. The van der Waals surface area contributed by atoms with E-state index in [4.69, 9.17) is 9.47 Å². The molecule has 2 N–H and O–H groups in total. The van der Waals surface area contributed by atoms with Gasteiger partial charge < -0.3 is 24.7 Å². The van der Waals surface area contributed by atoms with Gasteiger partial charge in [-0.2, -0.15) is 0 Å². The van der Waals surface area contributed by atoms with Crippen molar-refractivity contribution in [2.75, 3.05) is 27.8 Å². The molecule has 0 aliphatic carbocycles. The maximum atomic E-state index is 13.0. The zero-order valence-corrected chi connectivity index (χ0v) is 14.7. The molecule has 0 radical (unpaired) electrons. The van der Waals surface area contributed by atoms with Crippen LogP contribution in [0.5, 0.6) is 11.5 Å². The molecule has 2 amide bonds. The van der Waals surface area contributed by atoms with Crippen molar-refractivity contribution in [3.8, 4) is 11.5 Å². The van der Waals surface area contributed by atoms with Gasteiger partial charge in [0.2, 0.25) is 5.91 Å². The number of likely N-dealkylation sites (tertiary alicyclic amines) is 1. The van der Waals surface area contributed by atoms with Crippen molar-refractivity contribution in [1.29, 1.82) is 0 Å². The molecule has 0 spiro atoms. The number of H-pyrrole nitrogens is 1. The second-order valence-corrected chi connectivity index (χ2v) is 6.10. The van der Waals surface area contributed by atoms with Gasteiger partial charge in [0.1, 0.15) is 23.2 Å². The number of likely N-dealkylation sites (N-methyl/N-ethyl adjacent to an activating group) is 1. The summed E-state index contributed by atoms with van der Waals surface area (Å²) in [5.74, 6) is 0.965. The maximum Gasteiger partial charge on any atom is 0.270 e. The number of ether oxygens (including phenoxy) is 2. The molecule has 2 heterocycles. The highest BCUT2D eigenvalue weighted by Crippen LogP contribution is 2.32. The van der Waals surface area contributed by atoms with E-state index < -0.39 is 6.04 Å². The van der Waals surface area contributed by atoms with Gasteiger partial charge in [0.05, 0.1) is 19.7 Å². The number of carbonyl (C=O) groups excluding carboxylic acids is 2. The molecule has 134 valence electrons. The molecule has 1 fully saturated rings. The maximum absolute atomic E-state index is 13.0. The molecule has 1 atom stereocenters. The van der Waals surface area contributed by atoms with Crippen molar-refractivity contribution in [2.45, 2.75) is 25.3 Å². The molecule has 1 unspecified atom stereocenters. The first kappa shape index (κ1) is 17.1. The summed E-state index contributed by atoms with van der Waals surface area (Å²) in [5.41, 5.74) is 1.18. The molecule has 1 saturated heterocycles. The van der Waals surface area contributed by atoms with Crippen molar-refractivity contribution in [3.63, 3.8) is 0 Å². The fraction of sp³-hybridized carbons (Fsp3) is 0.444. The molecule has 1 aromatic heterocycles. The number of hydrogen-bond donors (Lipinski definition) is 2. The fourth-order valence-electron chi connectivity index (χ4n) is 3.35. The highest BCUT2D eigenvalue weighted by Gasteiger charge is 2.32. The number of rotatable bonds is 4. The van der Waals surface area contributed by atoms with E-state index in [0.717, 1.165) is 23.7 Å². The van der Waals surface area contributed by atoms with Gasteiger partial charge in [-0.05, 0) is 31.4 Å². The smallest absolute Gasteiger partial charge is 0.270 e. The van der Waals surface area contributed by atoms with Crippen molar-refractivity contribution in [2.24, 2.45) is 0 Å². The minimum Gasteiger partial charge on any atom is -0.497 e. The van der Waals surface area contributed by atoms with Gasteiger partial charge in [-0.3, -0.25) is 9.59 Å². The molecule has 1 aromatic carbocycles. The number of benzene rings is 1. The third kappa shape index (κ3) is 3.14. The summed E-state index contributed by atoms with van der Waals surface area (Å²) < 4.78 is 10.7. The number of aromatic nitrogens is 1. The number of piperidine rings is 1. The summed E-state index contributed by atoms with van der Waals surface area (Å²) >= 11 is 0. The van der Waals surface area contributed by atoms with Crippen molar-refractivity contribution in [3.05, 3.63) is 23.9 Å². The number of nitrogens with zero attached hydrogens (tertiary/aromatic N) is 1. The number of nitrogens with one attached hydrogen (secondary N) is 2. The van der Waals surface area contributed by atoms with Crippen LogP contribution >= 0.6 is 0 Å². The summed E-state index contributed by atoms with van der Waals surface area (Å²) in [5, 5.41) is 3.48. The zero-order valence-electron chi connectivity index (χ0n) is 14.7. The van der Waals surface area contributed by atoms with Crippen LogP contribution in [-0.2, 0) is 4.79 Å². The minimum atomic E-state index is -0.422. The van der Waals surface area contributed by atoms with Crippen LogP contribution in [-0.4, -0.2) is 55.6 Å². The highest BCUT2D eigenvalue weighted by molar-refractivity contribution is 6.01. The van der Waals surface area contributed by atoms with E-state index in [9.17, 15) is 9.59 Å². The second kappa shape index (κ2) is 7.04. The van der Waals surface area contributed by atoms with Crippen LogP contribution < -0.4 is 14.8 Å². The topological polar surface area (TPSA) is 83.7 Å².